The summed E-state index contributed by atoms with van der Waals surface area (Å²) >= 11 is 3.58. The van der Waals surface area contributed by atoms with Crippen molar-refractivity contribution in [3.8, 4) is 11.8 Å². The highest BCUT2D eigenvalue weighted by molar-refractivity contribution is 9.10. The Morgan fingerprint density at radius 1 is 1.36 bits per heavy atom. The summed E-state index contributed by atoms with van der Waals surface area (Å²) < 4.78 is 1.22. The van der Waals surface area contributed by atoms with Crippen molar-refractivity contribution in [2.75, 3.05) is 0 Å². The minimum atomic E-state index is 0.953. The van der Waals surface area contributed by atoms with Crippen LogP contribution in [0, 0.1) is 11.8 Å². The molecule has 1 aromatic rings. The lowest BCUT2D eigenvalue weighted by Crippen LogP contribution is -1.87. The monoisotopic (exact) mass is 250 g/mol. The lowest BCUT2D eigenvalue weighted by atomic mass is 10.1. The van der Waals surface area contributed by atoms with Crippen LogP contribution in [0.4, 0.5) is 0 Å². The highest BCUT2D eigenvalue weighted by atomic mass is 79.9. The number of aryl methyl sites for hydroxylation is 2. The zero-order valence-corrected chi connectivity index (χ0v) is 10.3. The average molecular weight is 251 g/mol. The van der Waals surface area contributed by atoms with Crippen molar-refractivity contribution < 1.29 is 0 Å². The molecule has 0 aliphatic carbocycles. The Labute approximate surface area is 94.9 Å². The SMILES string of the molecule is CC#CCCc1ccc(CC)c(Br)c1. The van der Waals surface area contributed by atoms with E-state index in [0.29, 0.717) is 0 Å². The van der Waals surface area contributed by atoms with Crippen LogP contribution in [0.2, 0.25) is 0 Å². The van der Waals surface area contributed by atoms with Gasteiger partial charge in [0.2, 0.25) is 0 Å². The van der Waals surface area contributed by atoms with Crippen LogP contribution in [0.15, 0.2) is 22.7 Å². The van der Waals surface area contributed by atoms with E-state index in [4.69, 9.17) is 0 Å². The van der Waals surface area contributed by atoms with Crippen molar-refractivity contribution in [2.45, 2.75) is 33.1 Å². The molecule has 0 amide bonds. The van der Waals surface area contributed by atoms with E-state index >= 15 is 0 Å². The first-order valence-corrected chi connectivity index (χ1v) is 5.74. The summed E-state index contributed by atoms with van der Waals surface area (Å²) in [4.78, 5) is 0. The van der Waals surface area contributed by atoms with Gasteiger partial charge in [0.15, 0.2) is 0 Å². The summed E-state index contributed by atoms with van der Waals surface area (Å²) in [5.74, 6) is 5.99. The van der Waals surface area contributed by atoms with Gasteiger partial charge in [-0.15, -0.1) is 11.8 Å². The van der Waals surface area contributed by atoms with Gasteiger partial charge in [-0.2, -0.15) is 0 Å². The summed E-state index contributed by atoms with van der Waals surface area (Å²) in [6.45, 7) is 4.05. The number of benzene rings is 1. The Balaban J connectivity index is 2.69. The van der Waals surface area contributed by atoms with E-state index in [2.05, 4.69) is 52.9 Å². The average Bonchev–Trinajstić information content (AvgIpc) is 2.18. The van der Waals surface area contributed by atoms with Crippen LogP contribution in [0.1, 0.15) is 31.4 Å². The van der Waals surface area contributed by atoms with Gasteiger partial charge in [0.1, 0.15) is 0 Å². The van der Waals surface area contributed by atoms with Crippen LogP contribution in [0.3, 0.4) is 0 Å². The second-order valence-electron chi connectivity index (χ2n) is 3.21. The zero-order chi connectivity index (χ0) is 10.4. The fourth-order valence-electron chi connectivity index (χ4n) is 1.36. The Bertz CT molecular complexity index is 355. The largest absolute Gasteiger partial charge is 0.107 e. The van der Waals surface area contributed by atoms with Gasteiger partial charge in [-0.05, 0) is 37.0 Å². The molecule has 0 aromatic heterocycles. The Morgan fingerprint density at radius 2 is 2.14 bits per heavy atom. The van der Waals surface area contributed by atoms with E-state index < -0.39 is 0 Å². The first-order valence-electron chi connectivity index (χ1n) is 4.94. The van der Waals surface area contributed by atoms with Gasteiger partial charge in [0.05, 0.1) is 0 Å². The van der Waals surface area contributed by atoms with Crippen molar-refractivity contribution in [1.82, 2.24) is 0 Å². The molecule has 1 heteroatoms. The number of halogens is 1. The third kappa shape index (κ3) is 3.20. The summed E-state index contributed by atoms with van der Waals surface area (Å²) in [5, 5.41) is 0. The molecule has 0 atom stereocenters. The fraction of sp³-hybridized carbons (Fsp3) is 0.385. The molecule has 14 heavy (non-hydrogen) atoms. The van der Waals surface area contributed by atoms with Crippen LogP contribution in [0.5, 0.6) is 0 Å². The van der Waals surface area contributed by atoms with E-state index in [1.54, 1.807) is 0 Å². The third-order valence-electron chi connectivity index (χ3n) is 2.21. The van der Waals surface area contributed by atoms with E-state index in [1.165, 1.54) is 15.6 Å². The standard InChI is InChI=1S/C13H15Br/c1-3-5-6-7-11-8-9-12(4-2)13(14)10-11/h8-10H,4,6-7H2,1-2H3. The molecule has 0 fully saturated rings. The van der Waals surface area contributed by atoms with Crippen molar-refractivity contribution in [3.05, 3.63) is 33.8 Å². The second kappa shape index (κ2) is 5.88. The van der Waals surface area contributed by atoms with Gasteiger partial charge in [0, 0.05) is 10.9 Å². The number of hydrogen-bond acceptors (Lipinski definition) is 0. The Kier molecular flexibility index (Phi) is 4.76. The van der Waals surface area contributed by atoms with Gasteiger partial charge in [-0.3, -0.25) is 0 Å². The maximum absolute atomic E-state index is 3.58. The van der Waals surface area contributed by atoms with Crippen molar-refractivity contribution in [3.63, 3.8) is 0 Å². The van der Waals surface area contributed by atoms with Crippen molar-refractivity contribution >= 4 is 15.9 Å². The van der Waals surface area contributed by atoms with Gasteiger partial charge in [0.25, 0.3) is 0 Å². The molecule has 0 N–H and O–H groups in total. The van der Waals surface area contributed by atoms with E-state index in [-0.39, 0.29) is 0 Å². The Morgan fingerprint density at radius 3 is 2.71 bits per heavy atom. The number of rotatable bonds is 3. The molecule has 1 aromatic carbocycles. The molecule has 0 aliphatic heterocycles. The summed E-state index contributed by atoms with van der Waals surface area (Å²) in [5.41, 5.74) is 2.73. The molecule has 0 nitrogen and oxygen atoms in total. The maximum Gasteiger partial charge on any atom is 0.0209 e. The normalized spacial score (nSPS) is 9.36. The maximum atomic E-state index is 3.58. The Hall–Kier alpha value is -0.740. The molecule has 0 aliphatic rings. The molecule has 0 saturated carbocycles. The molecule has 0 unspecified atom stereocenters. The number of hydrogen-bond donors (Lipinski definition) is 0. The van der Waals surface area contributed by atoms with Crippen LogP contribution >= 0.6 is 15.9 Å². The topological polar surface area (TPSA) is 0 Å². The van der Waals surface area contributed by atoms with Gasteiger partial charge in [-0.1, -0.05) is 35.0 Å². The van der Waals surface area contributed by atoms with Crippen LogP contribution in [-0.2, 0) is 12.8 Å². The molecule has 0 spiro atoms. The predicted octanol–water partition coefficient (Wildman–Crippen LogP) is 3.97. The molecule has 1 rings (SSSR count). The second-order valence-corrected chi connectivity index (χ2v) is 4.06. The van der Waals surface area contributed by atoms with Gasteiger partial charge in [-0.25, -0.2) is 0 Å². The minimum absolute atomic E-state index is 0.953. The lowest BCUT2D eigenvalue weighted by molar-refractivity contribution is 1.02. The van der Waals surface area contributed by atoms with Crippen molar-refractivity contribution in [1.29, 1.82) is 0 Å². The first-order chi connectivity index (χ1) is 6.77. The van der Waals surface area contributed by atoms with E-state index in [1.807, 2.05) is 6.92 Å². The van der Waals surface area contributed by atoms with Gasteiger partial charge < -0.3 is 0 Å². The van der Waals surface area contributed by atoms with Crippen LogP contribution in [-0.4, -0.2) is 0 Å². The van der Waals surface area contributed by atoms with E-state index in [9.17, 15) is 0 Å². The molecule has 0 radical (unpaired) electrons. The first kappa shape index (κ1) is 11.3. The molecule has 0 heterocycles. The quantitative estimate of drug-likeness (QED) is 0.713. The smallest absolute Gasteiger partial charge is 0.0209 e. The molecular formula is C13H15Br. The van der Waals surface area contributed by atoms with E-state index in [0.717, 1.165) is 19.3 Å². The fourth-order valence-corrected chi connectivity index (χ4v) is 2.07. The van der Waals surface area contributed by atoms with Crippen LogP contribution < -0.4 is 0 Å². The lowest BCUT2D eigenvalue weighted by Gasteiger charge is -2.03. The molecule has 0 bridgehead atoms. The van der Waals surface area contributed by atoms with Gasteiger partial charge >= 0.3 is 0 Å². The summed E-state index contributed by atoms with van der Waals surface area (Å²) in [7, 11) is 0. The van der Waals surface area contributed by atoms with Crippen LogP contribution in [0.25, 0.3) is 0 Å². The highest BCUT2D eigenvalue weighted by Gasteiger charge is 1.98. The summed E-state index contributed by atoms with van der Waals surface area (Å²) in [6.07, 6.45) is 3.08. The molecular weight excluding hydrogens is 236 g/mol. The molecule has 74 valence electrons. The van der Waals surface area contributed by atoms with Crippen molar-refractivity contribution in [2.24, 2.45) is 0 Å². The predicted molar refractivity (Wildman–Crippen MR) is 65.3 cm³/mol. The zero-order valence-electron chi connectivity index (χ0n) is 8.73. The molecule has 0 saturated heterocycles. The summed E-state index contributed by atoms with van der Waals surface area (Å²) in [6, 6.07) is 6.59. The highest BCUT2D eigenvalue weighted by Crippen LogP contribution is 2.19. The minimum Gasteiger partial charge on any atom is -0.107 e. The third-order valence-corrected chi connectivity index (χ3v) is 2.95.